The van der Waals surface area contributed by atoms with Crippen LogP contribution in [-0.2, 0) is 6.18 Å². The number of azo groups is 3. The van der Waals surface area contributed by atoms with Crippen molar-refractivity contribution in [3.63, 3.8) is 0 Å². The predicted molar refractivity (Wildman–Crippen MR) is 160 cm³/mol. The van der Waals surface area contributed by atoms with Gasteiger partial charge in [0.2, 0.25) is 0 Å². The summed E-state index contributed by atoms with van der Waals surface area (Å²) in [6, 6.07) is 27.2. The molecule has 42 heavy (non-hydrogen) atoms. The quantitative estimate of drug-likeness (QED) is 0.176. The van der Waals surface area contributed by atoms with Gasteiger partial charge in [-0.25, -0.2) is 0 Å². The molecule has 1 aliphatic rings. The molecule has 0 N–H and O–H groups in total. The van der Waals surface area contributed by atoms with Crippen LogP contribution in [0.4, 0.5) is 51.6 Å². The van der Waals surface area contributed by atoms with E-state index < -0.39 is 11.7 Å². The molecule has 4 aromatic carbocycles. The Bertz CT molecular complexity index is 1770. The van der Waals surface area contributed by atoms with E-state index in [0.29, 0.717) is 22.7 Å². The van der Waals surface area contributed by atoms with Crippen LogP contribution in [0.15, 0.2) is 128 Å². The number of fused-ring (bicyclic) bond motifs is 1. The summed E-state index contributed by atoms with van der Waals surface area (Å²) in [6.07, 6.45) is -1.92. The molecule has 2 heterocycles. The van der Waals surface area contributed by atoms with Gasteiger partial charge < -0.3 is 4.90 Å². The minimum absolute atomic E-state index is 0.323. The molecule has 0 saturated carbocycles. The SMILES string of the molecule is FC(F)(F)c1ccc(/N=N/c2ccc(/N=N/c3ccc(/N=N/c4ccc(N5CCCC5)s4)c4ccccc34)cc2)cc1. The van der Waals surface area contributed by atoms with Gasteiger partial charge in [0.15, 0.2) is 0 Å². The number of alkyl halides is 3. The molecule has 7 nitrogen and oxygen atoms in total. The maximum atomic E-state index is 12.7. The molecule has 1 fully saturated rings. The second-order valence-corrected chi connectivity index (χ2v) is 10.7. The molecule has 0 atom stereocenters. The van der Waals surface area contributed by atoms with Crippen LogP contribution < -0.4 is 4.90 Å². The summed E-state index contributed by atoms with van der Waals surface area (Å²) in [5.41, 5.74) is 2.19. The Labute approximate surface area is 243 Å². The van der Waals surface area contributed by atoms with E-state index in [-0.39, 0.29) is 0 Å². The average Bonchev–Trinajstić information content (AvgIpc) is 3.71. The highest BCUT2D eigenvalue weighted by Crippen LogP contribution is 2.38. The summed E-state index contributed by atoms with van der Waals surface area (Å²) in [5.74, 6) is 0. The van der Waals surface area contributed by atoms with Gasteiger partial charge in [-0.05, 0) is 85.6 Å². The van der Waals surface area contributed by atoms with E-state index in [0.717, 1.165) is 46.7 Å². The third kappa shape index (κ3) is 6.41. The third-order valence-corrected chi connectivity index (χ3v) is 7.76. The number of benzene rings is 4. The smallest absolute Gasteiger partial charge is 0.363 e. The lowest BCUT2D eigenvalue weighted by molar-refractivity contribution is -0.137. The van der Waals surface area contributed by atoms with E-state index in [4.69, 9.17) is 0 Å². The summed E-state index contributed by atoms with van der Waals surface area (Å²) in [6.45, 7) is 2.19. The van der Waals surface area contributed by atoms with Gasteiger partial charge in [-0.1, -0.05) is 35.6 Å². The maximum Gasteiger partial charge on any atom is 0.416 e. The summed E-state index contributed by atoms with van der Waals surface area (Å²) < 4.78 is 38.2. The zero-order valence-electron chi connectivity index (χ0n) is 22.2. The topological polar surface area (TPSA) is 77.4 Å². The first-order valence-corrected chi connectivity index (χ1v) is 14.1. The van der Waals surface area contributed by atoms with E-state index in [1.807, 2.05) is 42.5 Å². The summed E-state index contributed by atoms with van der Waals surface area (Å²) in [5, 5.41) is 29.9. The molecule has 6 rings (SSSR count). The fraction of sp³-hybridized carbons (Fsp3) is 0.161. The van der Waals surface area contributed by atoms with Gasteiger partial charge >= 0.3 is 6.18 Å². The Hall–Kier alpha value is -4.77. The van der Waals surface area contributed by atoms with Crippen LogP contribution in [0.3, 0.4) is 0 Å². The van der Waals surface area contributed by atoms with Crippen molar-refractivity contribution in [2.75, 3.05) is 18.0 Å². The lowest BCUT2D eigenvalue weighted by Crippen LogP contribution is -2.15. The third-order valence-electron chi connectivity index (χ3n) is 6.73. The summed E-state index contributed by atoms with van der Waals surface area (Å²) in [7, 11) is 0. The van der Waals surface area contributed by atoms with E-state index >= 15 is 0 Å². The van der Waals surface area contributed by atoms with Crippen molar-refractivity contribution in [1.29, 1.82) is 0 Å². The molecule has 0 radical (unpaired) electrons. The number of hydrogen-bond acceptors (Lipinski definition) is 8. The number of hydrogen-bond donors (Lipinski definition) is 0. The predicted octanol–water partition coefficient (Wildman–Crippen LogP) is 11.8. The first-order valence-electron chi connectivity index (χ1n) is 13.3. The van der Waals surface area contributed by atoms with Crippen LogP contribution in [0.1, 0.15) is 18.4 Å². The lowest BCUT2D eigenvalue weighted by Gasteiger charge is -2.13. The molecule has 0 unspecified atom stereocenters. The minimum atomic E-state index is -4.39. The normalized spacial score (nSPS) is 14.3. The number of anilines is 1. The fourth-order valence-electron chi connectivity index (χ4n) is 4.55. The van der Waals surface area contributed by atoms with Gasteiger partial charge in [0.25, 0.3) is 0 Å². The highest BCUT2D eigenvalue weighted by Gasteiger charge is 2.29. The van der Waals surface area contributed by atoms with Crippen LogP contribution in [0.5, 0.6) is 0 Å². The Kier molecular flexibility index (Phi) is 7.83. The maximum absolute atomic E-state index is 12.7. The van der Waals surface area contributed by atoms with E-state index in [1.54, 1.807) is 35.6 Å². The molecule has 0 amide bonds. The van der Waals surface area contributed by atoms with Crippen LogP contribution in [0.2, 0.25) is 0 Å². The van der Waals surface area contributed by atoms with E-state index in [9.17, 15) is 13.2 Å². The largest absolute Gasteiger partial charge is 0.416 e. The number of nitrogens with zero attached hydrogens (tertiary/aromatic N) is 7. The van der Waals surface area contributed by atoms with Crippen molar-refractivity contribution in [3.8, 4) is 0 Å². The first kappa shape index (κ1) is 27.4. The molecule has 1 saturated heterocycles. The van der Waals surface area contributed by atoms with Crippen LogP contribution in [0, 0.1) is 0 Å². The average molecular weight is 584 g/mol. The molecule has 210 valence electrons. The van der Waals surface area contributed by atoms with Crippen molar-refractivity contribution >= 4 is 60.5 Å². The van der Waals surface area contributed by atoms with Crippen molar-refractivity contribution in [1.82, 2.24) is 0 Å². The number of halogens is 3. The first-order chi connectivity index (χ1) is 20.4. The van der Waals surface area contributed by atoms with E-state index in [2.05, 4.69) is 41.7 Å². The van der Waals surface area contributed by atoms with Crippen molar-refractivity contribution in [3.05, 3.63) is 103 Å². The molecular weight excluding hydrogens is 559 g/mol. The molecule has 0 bridgehead atoms. The van der Waals surface area contributed by atoms with Gasteiger partial charge in [0.1, 0.15) is 5.00 Å². The Balaban J connectivity index is 1.15. The van der Waals surface area contributed by atoms with Gasteiger partial charge in [-0.15, -0.1) is 15.3 Å². The lowest BCUT2D eigenvalue weighted by atomic mass is 10.1. The second kappa shape index (κ2) is 12.0. The molecule has 0 spiro atoms. The Morgan fingerprint density at radius 3 is 1.60 bits per heavy atom. The van der Waals surface area contributed by atoms with Gasteiger partial charge in [-0.3, -0.25) is 0 Å². The molecule has 5 aromatic rings. The van der Waals surface area contributed by atoms with Crippen LogP contribution in [-0.4, -0.2) is 13.1 Å². The Morgan fingerprint density at radius 1 is 0.548 bits per heavy atom. The van der Waals surface area contributed by atoms with Crippen LogP contribution in [0.25, 0.3) is 10.8 Å². The van der Waals surface area contributed by atoms with Gasteiger partial charge in [-0.2, -0.15) is 28.5 Å². The fourth-order valence-corrected chi connectivity index (χ4v) is 5.43. The zero-order valence-corrected chi connectivity index (χ0v) is 23.1. The number of rotatable bonds is 7. The van der Waals surface area contributed by atoms with Gasteiger partial charge in [0.05, 0.1) is 39.0 Å². The number of thiophene rings is 1. The van der Waals surface area contributed by atoms with Crippen molar-refractivity contribution in [2.24, 2.45) is 30.7 Å². The monoisotopic (exact) mass is 583 g/mol. The van der Waals surface area contributed by atoms with Crippen LogP contribution >= 0.6 is 11.3 Å². The van der Waals surface area contributed by atoms with Crippen molar-refractivity contribution in [2.45, 2.75) is 19.0 Å². The molecular formula is C31H24F3N7S. The highest BCUT2D eigenvalue weighted by molar-refractivity contribution is 7.19. The van der Waals surface area contributed by atoms with E-state index in [1.165, 1.54) is 30.0 Å². The standard InChI is InChI=1S/C31H24F3N7S/c32-31(33,34)21-7-9-22(10-8-21)35-36-23-11-13-24(14-12-23)37-38-27-15-16-28(26-6-2-1-5-25(26)27)39-40-29-17-18-30(42-29)41-19-3-4-20-41/h1-2,5-18H,3-4,19-20H2/b36-35+,38-37+,40-39+. The second-order valence-electron chi connectivity index (χ2n) is 9.62. The van der Waals surface area contributed by atoms with Crippen molar-refractivity contribution < 1.29 is 13.2 Å². The molecule has 1 aromatic heterocycles. The molecule has 11 heteroatoms. The molecule has 1 aliphatic heterocycles. The minimum Gasteiger partial charge on any atom is -0.363 e. The van der Waals surface area contributed by atoms with Gasteiger partial charge in [0, 0.05) is 23.9 Å². The highest BCUT2D eigenvalue weighted by atomic mass is 32.1. The summed E-state index contributed by atoms with van der Waals surface area (Å²) >= 11 is 1.65. The zero-order chi connectivity index (χ0) is 28.9. The molecule has 0 aliphatic carbocycles. The Morgan fingerprint density at radius 2 is 1.05 bits per heavy atom. The summed E-state index contributed by atoms with van der Waals surface area (Å²) in [4.78, 5) is 2.39.